The number of nitrogens with one attached hydrogen (secondary N) is 6. The third kappa shape index (κ3) is 14.1. The monoisotopic (exact) mass is 994 g/mol. The van der Waals surface area contributed by atoms with Crippen molar-refractivity contribution < 1.29 is 51.4 Å². The molecule has 0 spiro atoms. The number of hydrogen-bond donors (Lipinski definition) is 6. The fraction of sp³-hybridized carbons (Fsp3) is 0.612. The van der Waals surface area contributed by atoms with Crippen LogP contribution in [-0.2, 0) is 44.4 Å². The van der Waals surface area contributed by atoms with Crippen molar-refractivity contribution in [3.05, 3.63) is 60.2 Å². The van der Waals surface area contributed by atoms with E-state index < -0.39 is 29.7 Å². The highest BCUT2D eigenvalue weighted by Gasteiger charge is 2.45. The molecule has 2 aliphatic heterocycles. The third-order valence-corrected chi connectivity index (χ3v) is 13.8. The Bertz CT molecular complexity index is 2340. The second kappa shape index (κ2) is 24.4. The summed E-state index contributed by atoms with van der Waals surface area (Å²) in [7, 11) is 1.68. The first-order valence-corrected chi connectivity index (χ1v) is 24.6. The molecule has 2 saturated carbocycles. The van der Waals surface area contributed by atoms with E-state index in [1.165, 1.54) is 12.4 Å². The van der Waals surface area contributed by atoms with Gasteiger partial charge in [0.25, 0.3) is 0 Å². The van der Waals surface area contributed by atoms with Gasteiger partial charge in [0.05, 0.1) is 61.6 Å². The summed E-state index contributed by atoms with van der Waals surface area (Å²) < 4.78 is 51.8. The van der Waals surface area contributed by atoms with E-state index in [0.29, 0.717) is 50.1 Å². The van der Waals surface area contributed by atoms with E-state index in [1.54, 1.807) is 35.3 Å². The van der Waals surface area contributed by atoms with Crippen LogP contribution in [0, 0.1) is 17.8 Å². The molecule has 6 N–H and O–H groups in total. The molecule has 2 aromatic heterocycles. The molecule has 6 atom stereocenters. The van der Waals surface area contributed by atoms with Gasteiger partial charge in [-0.15, -0.1) is 0 Å². The Morgan fingerprint density at radius 2 is 1.61 bits per heavy atom. The van der Waals surface area contributed by atoms with E-state index in [0.717, 1.165) is 30.7 Å². The first kappa shape index (κ1) is 52.8. The summed E-state index contributed by atoms with van der Waals surface area (Å²) in [6.07, 6.45) is 3.75. The van der Waals surface area contributed by atoms with Crippen LogP contribution in [-0.4, -0.2) is 150 Å². The third-order valence-electron chi connectivity index (χ3n) is 13.8. The van der Waals surface area contributed by atoms with Crippen LogP contribution in [0.15, 0.2) is 49.1 Å². The fourth-order valence-corrected chi connectivity index (χ4v) is 9.87. The summed E-state index contributed by atoms with van der Waals surface area (Å²) in [4.78, 5) is 93.6. The molecule has 19 nitrogen and oxygen atoms in total. The van der Waals surface area contributed by atoms with Crippen molar-refractivity contribution in [1.29, 1.82) is 0 Å². The van der Waals surface area contributed by atoms with Gasteiger partial charge in [0, 0.05) is 81.7 Å². The molecule has 4 fully saturated rings. The Kier molecular flexibility index (Phi) is 18.2. The van der Waals surface area contributed by atoms with E-state index in [-0.39, 0.29) is 136 Å². The molecule has 4 aliphatic rings. The summed E-state index contributed by atoms with van der Waals surface area (Å²) in [5.41, 5.74) is 0.274. The summed E-state index contributed by atoms with van der Waals surface area (Å²) >= 11 is 0. The van der Waals surface area contributed by atoms with Crippen molar-refractivity contribution in [3.63, 3.8) is 0 Å². The molecular weight excluding hydrogens is 928 g/mol. The van der Waals surface area contributed by atoms with Gasteiger partial charge in [0.2, 0.25) is 35.4 Å². The number of hydrogen-bond acceptors (Lipinski definition) is 13. The molecule has 7 rings (SSSR count). The number of ether oxygens (including phenoxy) is 2. The lowest BCUT2D eigenvalue weighted by Gasteiger charge is -2.43. The van der Waals surface area contributed by atoms with Crippen molar-refractivity contribution in [2.24, 2.45) is 17.8 Å². The van der Waals surface area contributed by atoms with Gasteiger partial charge >= 0.3 is 6.18 Å². The van der Waals surface area contributed by atoms with Crippen LogP contribution in [0.4, 0.5) is 19.0 Å². The number of carbonyl (C=O) groups excluding carboxylic acids is 6. The second-order valence-electron chi connectivity index (χ2n) is 19.3. The number of amides is 6. The highest BCUT2D eigenvalue weighted by molar-refractivity contribution is 5.94. The molecule has 4 heterocycles. The van der Waals surface area contributed by atoms with Gasteiger partial charge < -0.3 is 51.2 Å². The van der Waals surface area contributed by atoms with Crippen LogP contribution in [0.2, 0.25) is 0 Å². The Labute approximate surface area is 410 Å². The molecule has 6 amide bonds. The van der Waals surface area contributed by atoms with E-state index >= 15 is 0 Å². The topological polar surface area (TPSA) is 238 Å². The Morgan fingerprint density at radius 1 is 0.859 bits per heavy atom. The SMILES string of the molecule is CC(C)CN[C@@H]1CC[C@H](N2CC[C@H](Nc3ncnc4ccc(C(F)(F)F)cc34)C2=O)[C@H](NC(=O)C2CC(NC(=O)CCOCCNC(=O)CCOCCNC(=O)[C@H]3CC(=O)N(C)[C@@H]3c3cccnc3)C2)C1. The minimum Gasteiger partial charge on any atom is -0.379 e. The van der Waals surface area contributed by atoms with E-state index in [1.807, 2.05) is 6.07 Å². The number of anilines is 1. The van der Waals surface area contributed by atoms with Gasteiger partial charge in [-0.3, -0.25) is 33.8 Å². The predicted molar refractivity (Wildman–Crippen MR) is 254 cm³/mol. The van der Waals surface area contributed by atoms with Gasteiger partial charge in [0.1, 0.15) is 18.2 Å². The molecule has 22 heteroatoms. The zero-order valence-corrected chi connectivity index (χ0v) is 40.5. The molecule has 2 aliphatic carbocycles. The summed E-state index contributed by atoms with van der Waals surface area (Å²) in [5, 5.41) is 18.7. The molecule has 0 radical (unpaired) electrons. The lowest BCUT2D eigenvalue weighted by Crippen LogP contribution is -2.60. The maximum Gasteiger partial charge on any atom is 0.416 e. The van der Waals surface area contributed by atoms with E-state index in [4.69, 9.17) is 9.47 Å². The Balaban J connectivity index is 0.765. The van der Waals surface area contributed by atoms with Crippen LogP contribution < -0.4 is 31.9 Å². The van der Waals surface area contributed by atoms with E-state index in [2.05, 4.69) is 60.7 Å². The largest absolute Gasteiger partial charge is 0.416 e. The Morgan fingerprint density at radius 3 is 2.32 bits per heavy atom. The van der Waals surface area contributed by atoms with Crippen LogP contribution in [0.1, 0.15) is 88.8 Å². The minimum absolute atomic E-state index is 0.109. The Hall–Kier alpha value is -6.00. The van der Waals surface area contributed by atoms with Crippen LogP contribution in [0.3, 0.4) is 0 Å². The molecule has 2 saturated heterocycles. The first-order valence-electron chi connectivity index (χ1n) is 24.6. The molecule has 3 aromatic rings. The molecule has 1 aromatic carbocycles. The van der Waals surface area contributed by atoms with Gasteiger partial charge in [-0.2, -0.15) is 13.2 Å². The minimum atomic E-state index is -4.56. The summed E-state index contributed by atoms with van der Waals surface area (Å²) in [6.45, 7) is 6.64. The number of halogens is 3. The number of likely N-dealkylation sites (tertiary alicyclic amines) is 2. The lowest BCUT2D eigenvalue weighted by molar-refractivity contribution is -0.137. The lowest BCUT2D eigenvalue weighted by atomic mass is 9.78. The van der Waals surface area contributed by atoms with Gasteiger partial charge in [-0.05, 0) is 80.8 Å². The molecular formula is C49H66F3N11O8. The highest BCUT2D eigenvalue weighted by atomic mass is 19.4. The normalized spacial score (nSPS) is 24.5. The molecule has 71 heavy (non-hydrogen) atoms. The van der Waals surface area contributed by atoms with E-state index in [9.17, 15) is 41.9 Å². The van der Waals surface area contributed by atoms with Crippen molar-refractivity contribution in [2.45, 2.75) is 114 Å². The molecule has 0 bridgehead atoms. The van der Waals surface area contributed by atoms with Crippen molar-refractivity contribution in [2.75, 3.05) is 65.0 Å². The molecule has 386 valence electrons. The number of rotatable bonds is 23. The quantitative estimate of drug-likeness (QED) is 0.0751. The zero-order chi connectivity index (χ0) is 50.7. The predicted octanol–water partition coefficient (Wildman–Crippen LogP) is 2.87. The average molecular weight is 994 g/mol. The zero-order valence-electron chi connectivity index (χ0n) is 40.5. The van der Waals surface area contributed by atoms with Crippen molar-refractivity contribution in [1.82, 2.24) is 51.3 Å². The van der Waals surface area contributed by atoms with Gasteiger partial charge in [0.15, 0.2) is 0 Å². The average Bonchev–Trinajstić information content (AvgIpc) is 3.84. The number of benzene rings is 1. The van der Waals surface area contributed by atoms with Crippen LogP contribution in [0.5, 0.6) is 0 Å². The first-order chi connectivity index (χ1) is 34.0. The maximum atomic E-state index is 14.0. The van der Waals surface area contributed by atoms with Crippen molar-refractivity contribution in [3.8, 4) is 0 Å². The van der Waals surface area contributed by atoms with Gasteiger partial charge in [-0.1, -0.05) is 19.9 Å². The summed E-state index contributed by atoms with van der Waals surface area (Å²) in [6, 6.07) is 5.10. The number of carbonyl (C=O) groups is 6. The van der Waals surface area contributed by atoms with Gasteiger partial charge in [-0.25, -0.2) is 9.97 Å². The number of pyridine rings is 1. The fourth-order valence-electron chi connectivity index (χ4n) is 9.87. The number of alkyl halides is 3. The maximum absolute atomic E-state index is 14.0. The standard InChI is InChI=1S/C49H66F3N11O8/c1-29(2)26-56-33-7-9-40(63-16-10-38(48(63)69)60-45-35-23-32(49(50,51)52)6-8-37(35)57-28-58-45)39(24-33)61-46(67)31-21-34(22-31)59-42(65)12-18-71-19-14-54-41(64)11-17-70-20-15-55-47(68)36-25-43(66)62(3)44(36)30-5-4-13-53-27-30/h4-6,8,13,23,27-29,31,33-34,36,38-40,44,56H,7,9-12,14-22,24-26H2,1-3H3,(H,54,64)(H,55,68)(H,59,65)(H,61,67)(H,57,58,60)/t31?,33-,34?,36+,38+,39-,40+,44-/m1/s1. The van der Waals surface area contributed by atoms with Crippen molar-refractivity contribution >= 4 is 52.2 Å². The second-order valence-corrected chi connectivity index (χ2v) is 19.3. The highest BCUT2D eigenvalue weighted by Crippen LogP contribution is 2.37. The number of fused-ring (bicyclic) bond motifs is 1. The number of aromatic nitrogens is 3. The number of nitrogens with zero attached hydrogens (tertiary/aromatic N) is 5. The summed E-state index contributed by atoms with van der Waals surface area (Å²) in [5.74, 6) is -1.42. The smallest absolute Gasteiger partial charge is 0.379 e. The molecule has 0 unspecified atom stereocenters. The van der Waals surface area contributed by atoms with Crippen LogP contribution in [0.25, 0.3) is 10.9 Å². The van der Waals surface area contributed by atoms with Crippen LogP contribution >= 0.6 is 0 Å².